The number of rotatable bonds is 4. The smallest absolute Gasteiger partial charge is 0.248 e. The van der Waals surface area contributed by atoms with Crippen molar-refractivity contribution in [2.45, 2.75) is 18.9 Å². The van der Waals surface area contributed by atoms with Crippen molar-refractivity contribution in [3.8, 4) is 5.69 Å². The minimum absolute atomic E-state index is 0.299. The zero-order valence-electron chi connectivity index (χ0n) is 13.6. The maximum atomic E-state index is 4.26. The molecule has 0 amide bonds. The number of piperidine rings is 1. The van der Waals surface area contributed by atoms with Gasteiger partial charge in [-0.25, -0.2) is 0 Å². The molecule has 1 aliphatic heterocycles. The van der Waals surface area contributed by atoms with Crippen LogP contribution in [0.3, 0.4) is 0 Å². The molecule has 3 heterocycles. The second-order valence-corrected chi connectivity index (χ2v) is 6.05. The van der Waals surface area contributed by atoms with Crippen molar-refractivity contribution in [2.24, 2.45) is 7.05 Å². The largest absolute Gasteiger partial charge is 0.367 e. The first-order chi connectivity index (χ1) is 11.8. The SMILES string of the molecule is Cn1cc(N2CCCC(Nc3nnnn3-c3ccccc3)C2)cn1. The molecule has 1 unspecified atom stereocenters. The normalized spacial score (nSPS) is 17.9. The van der Waals surface area contributed by atoms with E-state index in [0.29, 0.717) is 12.0 Å². The van der Waals surface area contributed by atoms with E-state index in [1.165, 1.54) is 0 Å². The van der Waals surface area contributed by atoms with Crippen molar-refractivity contribution in [1.29, 1.82) is 0 Å². The number of anilines is 2. The maximum Gasteiger partial charge on any atom is 0.248 e. The highest BCUT2D eigenvalue weighted by molar-refractivity contribution is 5.44. The Morgan fingerprint density at radius 2 is 2.04 bits per heavy atom. The van der Waals surface area contributed by atoms with E-state index in [4.69, 9.17) is 0 Å². The highest BCUT2D eigenvalue weighted by atomic mass is 15.6. The summed E-state index contributed by atoms with van der Waals surface area (Å²) in [7, 11) is 1.94. The first kappa shape index (κ1) is 14.7. The van der Waals surface area contributed by atoms with E-state index in [9.17, 15) is 0 Å². The summed E-state index contributed by atoms with van der Waals surface area (Å²) >= 11 is 0. The molecule has 0 aliphatic carbocycles. The molecule has 1 aromatic carbocycles. The zero-order chi connectivity index (χ0) is 16.4. The van der Waals surface area contributed by atoms with Crippen LogP contribution < -0.4 is 10.2 Å². The number of hydrogen-bond donors (Lipinski definition) is 1. The van der Waals surface area contributed by atoms with Gasteiger partial charge in [0.15, 0.2) is 0 Å². The van der Waals surface area contributed by atoms with Crippen molar-refractivity contribution in [3.63, 3.8) is 0 Å². The molecule has 8 heteroatoms. The summed E-state index contributed by atoms with van der Waals surface area (Å²) < 4.78 is 3.57. The summed E-state index contributed by atoms with van der Waals surface area (Å²) in [4.78, 5) is 2.35. The van der Waals surface area contributed by atoms with Gasteiger partial charge in [-0.05, 0) is 35.4 Å². The van der Waals surface area contributed by atoms with Crippen LogP contribution in [0.1, 0.15) is 12.8 Å². The first-order valence-electron chi connectivity index (χ1n) is 8.13. The van der Waals surface area contributed by atoms with Crippen LogP contribution in [-0.2, 0) is 7.05 Å². The lowest BCUT2D eigenvalue weighted by atomic mass is 10.1. The molecule has 24 heavy (non-hydrogen) atoms. The summed E-state index contributed by atoms with van der Waals surface area (Å²) in [6, 6.07) is 10.2. The number of para-hydroxylation sites is 1. The van der Waals surface area contributed by atoms with Crippen LogP contribution in [0.25, 0.3) is 5.69 Å². The van der Waals surface area contributed by atoms with Gasteiger partial charge in [0.05, 0.1) is 17.6 Å². The highest BCUT2D eigenvalue weighted by Gasteiger charge is 2.22. The monoisotopic (exact) mass is 324 g/mol. The molecule has 0 spiro atoms. The van der Waals surface area contributed by atoms with Gasteiger partial charge in [-0.1, -0.05) is 23.3 Å². The molecule has 3 aromatic rings. The quantitative estimate of drug-likeness (QED) is 0.783. The molecule has 8 nitrogen and oxygen atoms in total. The fraction of sp³-hybridized carbons (Fsp3) is 0.375. The van der Waals surface area contributed by atoms with Gasteiger partial charge in [0, 0.05) is 32.4 Å². The maximum absolute atomic E-state index is 4.26. The molecule has 0 radical (unpaired) electrons. The molecule has 0 saturated carbocycles. The number of benzene rings is 1. The van der Waals surface area contributed by atoms with Crippen LogP contribution in [-0.4, -0.2) is 49.1 Å². The van der Waals surface area contributed by atoms with E-state index in [1.807, 2.05) is 48.3 Å². The average Bonchev–Trinajstić information content (AvgIpc) is 3.25. The molecule has 4 rings (SSSR count). The lowest BCUT2D eigenvalue weighted by Gasteiger charge is -2.33. The Morgan fingerprint density at radius 1 is 1.17 bits per heavy atom. The summed E-state index contributed by atoms with van der Waals surface area (Å²) in [6.07, 6.45) is 6.19. The molecule has 1 atom stereocenters. The number of tetrazole rings is 1. The number of aryl methyl sites for hydroxylation is 1. The Labute approximate surface area is 140 Å². The second-order valence-electron chi connectivity index (χ2n) is 6.05. The molecule has 2 aromatic heterocycles. The highest BCUT2D eigenvalue weighted by Crippen LogP contribution is 2.21. The van der Waals surface area contributed by atoms with Crippen LogP contribution in [0.5, 0.6) is 0 Å². The average molecular weight is 324 g/mol. The summed E-state index contributed by atoms with van der Waals surface area (Å²) in [5, 5.41) is 19.8. The lowest BCUT2D eigenvalue weighted by molar-refractivity contribution is 0.526. The second kappa shape index (κ2) is 6.31. The number of hydrogen-bond acceptors (Lipinski definition) is 6. The van der Waals surface area contributed by atoms with Gasteiger partial charge in [0.1, 0.15) is 0 Å². The third-order valence-electron chi connectivity index (χ3n) is 4.28. The lowest BCUT2D eigenvalue weighted by Crippen LogP contribution is -2.42. The fourth-order valence-electron chi connectivity index (χ4n) is 3.10. The predicted octanol–water partition coefficient (Wildman–Crippen LogP) is 1.48. The Morgan fingerprint density at radius 3 is 2.83 bits per heavy atom. The topological polar surface area (TPSA) is 76.7 Å². The predicted molar refractivity (Wildman–Crippen MR) is 91.2 cm³/mol. The van der Waals surface area contributed by atoms with E-state index >= 15 is 0 Å². The van der Waals surface area contributed by atoms with Crippen molar-refractivity contribution in [3.05, 3.63) is 42.7 Å². The van der Waals surface area contributed by atoms with E-state index < -0.39 is 0 Å². The molecule has 124 valence electrons. The van der Waals surface area contributed by atoms with Gasteiger partial charge in [0.25, 0.3) is 0 Å². The molecule has 1 aliphatic rings. The molecule has 0 bridgehead atoms. The van der Waals surface area contributed by atoms with Crippen LogP contribution in [0.2, 0.25) is 0 Å². The van der Waals surface area contributed by atoms with Crippen molar-refractivity contribution in [1.82, 2.24) is 30.0 Å². The third kappa shape index (κ3) is 2.94. The van der Waals surface area contributed by atoms with E-state index in [-0.39, 0.29) is 0 Å². The van der Waals surface area contributed by atoms with Gasteiger partial charge in [-0.3, -0.25) is 4.68 Å². The van der Waals surface area contributed by atoms with Crippen LogP contribution in [0, 0.1) is 0 Å². The fourth-order valence-corrected chi connectivity index (χ4v) is 3.10. The Kier molecular flexibility index (Phi) is 3.86. The first-order valence-corrected chi connectivity index (χ1v) is 8.13. The number of nitrogens with one attached hydrogen (secondary N) is 1. The number of nitrogens with zero attached hydrogens (tertiary/aromatic N) is 7. The van der Waals surface area contributed by atoms with Crippen LogP contribution in [0.4, 0.5) is 11.6 Å². The van der Waals surface area contributed by atoms with Crippen LogP contribution >= 0.6 is 0 Å². The van der Waals surface area contributed by atoms with Gasteiger partial charge < -0.3 is 10.2 Å². The van der Waals surface area contributed by atoms with E-state index in [1.54, 1.807) is 4.68 Å². The summed E-state index contributed by atoms with van der Waals surface area (Å²) in [6.45, 7) is 1.96. The van der Waals surface area contributed by atoms with Gasteiger partial charge in [0.2, 0.25) is 5.95 Å². The molecular weight excluding hydrogens is 304 g/mol. The summed E-state index contributed by atoms with van der Waals surface area (Å²) in [5.41, 5.74) is 2.11. The third-order valence-corrected chi connectivity index (χ3v) is 4.28. The van der Waals surface area contributed by atoms with Gasteiger partial charge in [-0.2, -0.15) is 9.78 Å². The zero-order valence-corrected chi connectivity index (χ0v) is 13.6. The van der Waals surface area contributed by atoms with E-state index in [0.717, 1.165) is 37.3 Å². The van der Waals surface area contributed by atoms with Gasteiger partial charge >= 0.3 is 0 Å². The molecule has 1 fully saturated rings. The Bertz CT molecular complexity index is 793. The van der Waals surface area contributed by atoms with Crippen molar-refractivity contribution >= 4 is 11.6 Å². The van der Waals surface area contributed by atoms with Gasteiger partial charge in [-0.15, -0.1) is 0 Å². The standard InChI is InChI=1S/C16H20N8/c1-22-12-15(10-17-22)23-9-5-6-13(11-23)18-16-19-20-21-24(16)14-7-3-2-4-8-14/h2-4,7-8,10,12-13H,5-6,9,11H2,1H3,(H,18,19,21). The minimum Gasteiger partial charge on any atom is -0.367 e. The van der Waals surface area contributed by atoms with Crippen molar-refractivity contribution in [2.75, 3.05) is 23.3 Å². The molecular formula is C16H20N8. The minimum atomic E-state index is 0.299. The van der Waals surface area contributed by atoms with Crippen LogP contribution in [0.15, 0.2) is 42.7 Å². The summed E-state index contributed by atoms with van der Waals surface area (Å²) in [5.74, 6) is 0.680. The van der Waals surface area contributed by atoms with Crippen molar-refractivity contribution < 1.29 is 0 Å². The molecule has 1 N–H and O–H groups in total. The molecule has 1 saturated heterocycles. The Balaban J connectivity index is 1.49. The number of aromatic nitrogens is 6. The van der Waals surface area contributed by atoms with E-state index in [2.05, 4.69) is 37.0 Å². The Hall–Kier alpha value is -2.90.